The van der Waals surface area contributed by atoms with Crippen molar-refractivity contribution < 1.29 is 0 Å². The minimum atomic E-state index is 0.665. The molecule has 2 atom stereocenters. The molecule has 2 fully saturated rings. The van der Waals surface area contributed by atoms with Crippen LogP contribution in [-0.4, -0.2) is 29.4 Å². The number of halogens is 1. The molecule has 1 nitrogen and oxygen atoms in total. The quantitative estimate of drug-likeness (QED) is 0.692. The summed E-state index contributed by atoms with van der Waals surface area (Å²) in [5, 5.41) is 1.21. The van der Waals surface area contributed by atoms with E-state index in [1.54, 1.807) is 0 Å². The van der Waals surface area contributed by atoms with E-state index in [4.69, 9.17) is 0 Å². The van der Waals surface area contributed by atoms with Gasteiger partial charge in [-0.2, -0.15) is 0 Å². The first-order valence-electron chi connectivity index (χ1n) is 5.45. The number of rotatable bonds is 3. The SMILES string of the molecule is CC1CC(C)N(CC2(CBr)CC2)C1. The molecular formula is C11H20BrN. The molecule has 0 N–H and O–H groups in total. The summed E-state index contributed by atoms with van der Waals surface area (Å²) in [4.78, 5) is 2.69. The maximum Gasteiger partial charge on any atom is 0.0100 e. The summed E-state index contributed by atoms with van der Waals surface area (Å²) in [6.45, 7) is 7.43. The molecule has 0 aromatic rings. The van der Waals surface area contributed by atoms with Crippen molar-refractivity contribution in [2.45, 2.75) is 39.2 Å². The predicted molar refractivity (Wildman–Crippen MR) is 60.3 cm³/mol. The van der Waals surface area contributed by atoms with Crippen LogP contribution in [0.15, 0.2) is 0 Å². The molecule has 0 bridgehead atoms. The van der Waals surface area contributed by atoms with Crippen LogP contribution in [0.5, 0.6) is 0 Å². The average molecular weight is 246 g/mol. The van der Waals surface area contributed by atoms with Gasteiger partial charge in [-0.1, -0.05) is 22.9 Å². The normalized spacial score (nSPS) is 38.1. The molecule has 2 unspecified atom stereocenters. The van der Waals surface area contributed by atoms with Crippen LogP contribution in [0.25, 0.3) is 0 Å². The highest BCUT2D eigenvalue weighted by Crippen LogP contribution is 2.48. The maximum atomic E-state index is 3.65. The Morgan fingerprint density at radius 3 is 2.46 bits per heavy atom. The lowest BCUT2D eigenvalue weighted by Gasteiger charge is -2.25. The first-order valence-corrected chi connectivity index (χ1v) is 6.57. The van der Waals surface area contributed by atoms with Gasteiger partial charge in [0, 0.05) is 24.5 Å². The molecule has 1 saturated carbocycles. The minimum Gasteiger partial charge on any atom is -0.300 e. The number of hydrogen-bond acceptors (Lipinski definition) is 1. The largest absolute Gasteiger partial charge is 0.300 e. The summed E-state index contributed by atoms with van der Waals surface area (Å²) in [6.07, 6.45) is 4.28. The smallest absolute Gasteiger partial charge is 0.0100 e. The van der Waals surface area contributed by atoms with Crippen molar-refractivity contribution >= 4 is 15.9 Å². The van der Waals surface area contributed by atoms with Crippen LogP contribution in [0.1, 0.15) is 33.1 Å². The molecule has 1 aliphatic heterocycles. The van der Waals surface area contributed by atoms with Crippen LogP contribution in [0, 0.1) is 11.3 Å². The molecule has 2 rings (SSSR count). The van der Waals surface area contributed by atoms with Crippen molar-refractivity contribution in [1.82, 2.24) is 4.90 Å². The van der Waals surface area contributed by atoms with Crippen molar-refractivity contribution in [3.63, 3.8) is 0 Å². The van der Waals surface area contributed by atoms with E-state index in [1.165, 1.54) is 37.7 Å². The number of alkyl halides is 1. The third-order valence-corrected chi connectivity index (χ3v) is 4.88. The lowest BCUT2D eigenvalue weighted by atomic mass is 10.1. The zero-order valence-electron chi connectivity index (χ0n) is 8.72. The highest BCUT2D eigenvalue weighted by atomic mass is 79.9. The van der Waals surface area contributed by atoms with Crippen LogP contribution < -0.4 is 0 Å². The van der Waals surface area contributed by atoms with Gasteiger partial charge in [0.1, 0.15) is 0 Å². The molecule has 76 valence electrons. The van der Waals surface area contributed by atoms with Crippen molar-refractivity contribution in [3.8, 4) is 0 Å². The Kier molecular flexibility index (Phi) is 2.72. The van der Waals surface area contributed by atoms with Crippen molar-refractivity contribution in [3.05, 3.63) is 0 Å². The summed E-state index contributed by atoms with van der Waals surface area (Å²) >= 11 is 3.65. The zero-order chi connectivity index (χ0) is 9.47. The van der Waals surface area contributed by atoms with Crippen LogP contribution in [0.4, 0.5) is 0 Å². The Hall–Kier alpha value is 0.440. The Labute approximate surface area is 90.0 Å². The van der Waals surface area contributed by atoms with Gasteiger partial charge in [0.25, 0.3) is 0 Å². The molecule has 1 aliphatic carbocycles. The fourth-order valence-corrected chi connectivity index (χ4v) is 3.29. The average Bonchev–Trinajstić information content (AvgIpc) is 2.77. The van der Waals surface area contributed by atoms with Gasteiger partial charge >= 0.3 is 0 Å². The van der Waals surface area contributed by atoms with Crippen LogP contribution >= 0.6 is 15.9 Å². The number of hydrogen-bond donors (Lipinski definition) is 0. The first-order chi connectivity index (χ1) is 6.15. The Morgan fingerprint density at radius 1 is 1.38 bits per heavy atom. The van der Waals surface area contributed by atoms with E-state index in [0.717, 1.165) is 12.0 Å². The molecule has 0 radical (unpaired) electrons. The molecule has 0 aromatic heterocycles. The summed E-state index contributed by atoms with van der Waals surface area (Å²) < 4.78 is 0. The topological polar surface area (TPSA) is 3.24 Å². The van der Waals surface area contributed by atoms with E-state index in [9.17, 15) is 0 Å². The minimum absolute atomic E-state index is 0.665. The number of nitrogens with zero attached hydrogens (tertiary/aromatic N) is 1. The Morgan fingerprint density at radius 2 is 2.08 bits per heavy atom. The predicted octanol–water partition coefficient (Wildman–Crippen LogP) is 2.89. The molecule has 1 heterocycles. The van der Waals surface area contributed by atoms with Gasteiger partial charge in [0.15, 0.2) is 0 Å². The molecule has 2 heteroatoms. The van der Waals surface area contributed by atoms with E-state index in [1.807, 2.05) is 0 Å². The van der Waals surface area contributed by atoms with Gasteiger partial charge in [-0.3, -0.25) is 4.90 Å². The van der Waals surface area contributed by atoms with Crippen molar-refractivity contribution in [2.75, 3.05) is 18.4 Å². The van der Waals surface area contributed by atoms with E-state index in [2.05, 4.69) is 34.7 Å². The lowest BCUT2D eigenvalue weighted by molar-refractivity contribution is 0.222. The molecule has 0 amide bonds. The van der Waals surface area contributed by atoms with E-state index in [-0.39, 0.29) is 0 Å². The molecule has 1 saturated heterocycles. The zero-order valence-corrected chi connectivity index (χ0v) is 10.3. The summed E-state index contributed by atoms with van der Waals surface area (Å²) in [7, 11) is 0. The Balaban J connectivity index is 1.88. The molecular weight excluding hydrogens is 226 g/mol. The third-order valence-electron chi connectivity index (χ3n) is 3.69. The van der Waals surface area contributed by atoms with Crippen LogP contribution in [0.2, 0.25) is 0 Å². The fraction of sp³-hybridized carbons (Fsp3) is 1.00. The molecule has 0 spiro atoms. The fourth-order valence-electron chi connectivity index (χ4n) is 2.55. The lowest BCUT2D eigenvalue weighted by Crippen LogP contribution is -2.34. The summed E-state index contributed by atoms with van der Waals surface area (Å²) in [6, 6.07) is 0.825. The third kappa shape index (κ3) is 2.10. The van der Waals surface area contributed by atoms with Crippen LogP contribution in [0.3, 0.4) is 0 Å². The molecule has 0 aromatic carbocycles. The van der Waals surface area contributed by atoms with Gasteiger partial charge in [-0.25, -0.2) is 0 Å². The van der Waals surface area contributed by atoms with Gasteiger partial charge in [0.05, 0.1) is 0 Å². The van der Waals surface area contributed by atoms with Gasteiger partial charge in [-0.15, -0.1) is 0 Å². The second kappa shape index (κ2) is 3.54. The molecule has 13 heavy (non-hydrogen) atoms. The monoisotopic (exact) mass is 245 g/mol. The van der Waals surface area contributed by atoms with Gasteiger partial charge < -0.3 is 0 Å². The summed E-state index contributed by atoms with van der Waals surface area (Å²) in [5.41, 5.74) is 0.665. The highest BCUT2D eigenvalue weighted by molar-refractivity contribution is 9.09. The van der Waals surface area contributed by atoms with Crippen molar-refractivity contribution in [1.29, 1.82) is 0 Å². The Bertz CT molecular complexity index is 189. The van der Waals surface area contributed by atoms with Crippen LogP contribution in [-0.2, 0) is 0 Å². The van der Waals surface area contributed by atoms with Crippen molar-refractivity contribution in [2.24, 2.45) is 11.3 Å². The van der Waals surface area contributed by atoms with E-state index < -0.39 is 0 Å². The standard InChI is InChI=1S/C11H20BrN/c1-9-5-10(2)13(6-9)8-11(7-12)3-4-11/h9-10H,3-8H2,1-2H3. The highest BCUT2D eigenvalue weighted by Gasteiger charge is 2.44. The summed E-state index contributed by atoms with van der Waals surface area (Å²) in [5.74, 6) is 0.918. The van der Waals surface area contributed by atoms with Gasteiger partial charge in [-0.05, 0) is 37.5 Å². The van der Waals surface area contributed by atoms with E-state index >= 15 is 0 Å². The maximum absolute atomic E-state index is 3.65. The van der Waals surface area contributed by atoms with E-state index in [0.29, 0.717) is 5.41 Å². The first kappa shape index (κ1) is 9.97. The second-order valence-electron chi connectivity index (χ2n) is 5.25. The van der Waals surface area contributed by atoms with Gasteiger partial charge in [0.2, 0.25) is 0 Å². The second-order valence-corrected chi connectivity index (χ2v) is 5.81. The molecule has 2 aliphatic rings. The number of likely N-dealkylation sites (tertiary alicyclic amines) is 1.